The third kappa shape index (κ3) is 6.67. The van der Waals surface area contributed by atoms with Gasteiger partial charge in [-0.05, 0) is 41.6 Å². The van der Waals surface area contributed by atoms with Crippen LogP contribution in [-0.4, -0.2) is 51.4 Å². The molecule has 2 fully saturated rings. The van der Waals surface area contributed by atoms with E-state index in [0.29, 0.717) is 43.1 Å². The van der Waals surface area contributed by atoms with E-state index in [1.165, 1.54) is 0 Å². The van der Waals surface area contributed by atoms with E-state index in [2.05, 4.69) is 65.8 Å². The van der Waals surface area contributed by atoms with Crippen LogP contribution in [0.15, 0.2) is 60.7 Å². The van der Waals surface area contributed by atoms with Crippen molar-refractivity contribution in [1.29, 1.82) is 0 Å². The lowest BCUT2D eigenvalue weighted by molar-refractivity contribution is -0.260. The Bertz CT molecular complexity index is 1010. The Balaban J connectivity index is 1.65. The van der Waals surface area contributed by atoms with Crippen LogP contribution in [0.2, 0.25) is 16.6 Å². The fraction of sp³-hybridized carbons (Fsp3) is 0.625. The van der Waals surface area contributed by atoms with Gasteiger partial charge in [-0.1, -0.05) is 102 Å². The molecule has 4 atom stereocenters. The highest BCUT2D eigenvalue weighted by Gasteiger charge is 2.63. The van der Waals surface area contributed by atoms with E-state index in [4.69, 9.17) is 28.1 Å². The van der Waals surface area contributed by atoms with E-state index in [0.717, 1.165) is 11.1 Å². The summed E-state index contributed by atoms with van der Waals surface area (Å²) in [6.07, 6.45) is -1.38. The molecule has 0 bridgehead atoms. The molecule has 0 aromatic heterocycles. The molecule has 6 nitrogen and oxygen atoms in total. The summed E-state index contributed by atoms with van der Waals surface area (Å²) < 4.78 is 39.6. The van der Waals surface area contributed by atoms with Crippen LogP contribution < -0.4 is 0 Å². The Morgan fingerprint density at radius 2 is 1.26 bits per heavy atom. The van der Waals surface area contributed by atoms with Crippen LogP contribution in [-0.2, 0) is 41.3 Å². The van der Waals surface area contributed by atoms with Crippen molar-refractivity contribution in [3.05, 3.63) is 71.8 Å². The van der Waals surface area contributed by atoms with Crippen LogP contribution in [0, 0.1) is 0 Å². The molecule has 2 aromatic rings. The number of hydrogen-bond donors (Lipinski definition) is 0. The van der Waals surface area contributed by atoms with Crippen LogP contribution in [0.3, 0.4) is 0 Å². The van der Waals surface area contributed by atoms with Gasteiger partial charge in [-0.15, -0.1) is 0 Å². The zero-order valence-electron chi connectivity index (χ0n) is 25.0. The zero-order chi connectivity index (χ0) is 28.3. The van der Waals surface area contributed by atoms with Crippen LogP contribution in [0.1, 0.15) is 66.5 Å². The van der Waals surface area contributed by atoms with Crippen molar-refractivity contribution >= 4 is 8.32 Å². The second-order valence-electron chi connectivity index (χ2n) is 12.5. The maximum absolute atomic E-state index is 7.15. The molecule has 0 amide bonds. The molecule has 4 rings (SSSR count). The fourth-order valence-electron chi connectivity index (χ4n) is 6.60. The minimum Gasteiger partial charge on any atom is -0.413 e. The van der Waals surface area contributed by atoms with Gasteiger partial charge in [-0.25, -0.2) is 0 Å². The zero-order valence-corrected chi connectivity index (χ0v) is 26.0. The lowest BCUT2D eigenvalue weighted by Gasteiger charge is -2.45. The van der Waals surface area contributed by atoms with Gasteiger partial charge in [0.2, 0.25) is 0 Å². The third-order valence-electron chi connectivity index (χ3n) is 8.26. The molecule has 0 unspecified atom stereocenters. The molecule has 0 saturated carbocycles. The summed E-state index contributed by atoms with van der Waals surface area (Å²) in [5, 5.41) is 0. The van der Waals surface area contributed by atoms with Gasteiger partial charge in [0.25, 0.3) is 0 Å². The molecule has 7 heteroatoms. The van der Waals surface area contributed by atoms with Crippen molar-refractivity contribution in [2.45, 2.75) is 115 Å². The van der Waals surface area contributed by atoms with Gasteiger partial charge in [0.05, 0.1) is 26.4 Å². The smallest absolute Gasteiger partial charge is 0.200 e. The molecule has 0 aliphatic carbocycles. The van der Waals surface area contributed by atoms with E-state index >= 15 is 0 Å². The van der Waals surface area contributed by atoms with Gasteiger partial charge >= 0.3 is 0 Å². The number of benzene rings is 2. The van der Waals surface area contributed by atoms with E-state index in [-0.39, 0.29) is 6.10 Å². The average molecular weight is 557 g/mol. The van der Waals surface area contributed by atoms with Gasteiger partial charge in [0.1, 0.15) is 17.8 Å². The number of hydrogen-bond acceptors (Lipinski definition) is 6. The second kappa shape index (κ2) is 12.5. The number of rotatable bonds is 13. The molecule has 2 heterocycles. The maximum atomic E-state index is 7.15. The summed E-state index contributed by atoms with van der Waals surface area (Å²) >= 11 is 0. The van der Waals surface area contributed by atoms with Crippen molar-refractivity contribution in [3.8, 4) is 0 Å². The van der Waals surface area contributed by atoms with Crippen LogP contribution in [0.4, 0.5) is 0 Å². The van der Waals surface area contributed by atoms with Crippen molar-refractivity contribution in [3.63, 3.8) is 0 Å². The molecule has 0 spiro atoms. The third-order valence-corrected chi connectivity index (χ3v) is 14.3. The summed E-state index contributed by atoms with van der Waals surface area (Å²) in [7, 11) is -2.20. The van der Waals surface area contributed by atoms with E-state index < -0.39 is 32.1 Å². The minimum absolute atomic E-state index is 0.306. The van der Waals surface area contributed by atoms with Crippen LogP contribution in [0.5, 0.6) is 0 Å². The van der Waals surface area contributed by atoms with E-state index in [1.54, 1.807) is 0 Å². The predicted octanol–water partition coefficient (Wildman–Crippen LogP) is 7.23. The Labute approximate surface area is 236 Å². The molecule has 2 saturated heterocycles. The lowest BCUT2D eigenvalue weighted by atomic mass is 9.96. The quantitative estimate of drug-likeness (QED) is 0.243. The van der Waals surface area contributed by atoms with Gasteiger partial charge < -0.3 is 28.1 Å². The van der Waals surface area contributed by atoms with Crippen molar-refractivity contribution in [1.82, 2.24) is 0 Å². The highest BCUT2D eigenvalue weighted by molar-refractivity contribution is 6.77. The second-order valence-corrected chi connectivity index (χ2v) is 17.9. The molecule has 0 radical (unpaired) electrons. The Morgan fingerprint density at radius 1 is 0.718 bits per heavy atom. The molecule has 2 aliphatic rings. The Morgan fingerprint density at radius 3 is 1.79 bits per heavy atom. The monoisotopic (exact) mass is 556 g/mol. The van der Waals surface area contributed by atoms with E-state index in [1.807, 2.05) is 50.2 Å². The average Bonchev–Trinajstić information content (AvgIpc) is 3.32. The first-order valence-electron chi connectivity index (χ1n) is 14.4. The van der Waals surface area contributed by atoms with Crippen molar-refractivity contribution < 1.29 is 28.1 Å². The molecule has 2 aromatic carbocycles. The first-order chi connectivity index (χ1) is 18.5. The molecular formula is C32H48O6Si. The summed E-state index contributed by atoms with van der Waals surface area (Å²) in [5.41, 5.74) is 2.64. The SMILES string of the molecule is CC(C)[Si](OC[C@]1(COCc2ccccc2)O[C@@H]2OC(C)(C)O[C@@H]2[C@@H]1OCc1ccccc1)(C(C)C)C(C)C. The van der Waals surface area contributed by atoms with Crippen LogP contribution >= 0.6 is 0 Å². The van der Waals surface area contributed by atoms with Crippen molar-refractivity contribution in [2.75, 3.05) is 13.2 Å². The van der Waals surface area contributed by atoms with E-state index in [9.17, 15) is 0 Å². The first-order valence-corrected chi connectivity index (χ1v) is 16.6. The minimum atomic E-state index is -2.20. The fourth-order valence-corrected chi connectivity index (χ4v) is 12.1. The maximum Gasteiger partial charge on any atom is 0.200 e. The molecular weight excluding hydrogens is 508 g/mol. The molecule has 39 heavy (non-hydrogen) atoms. The van der Waals surface area contributed by atoms with Crippen molar-refractivity contribution in [2.24, 2.45) is 0 Å². The topological polar surface area (TPSA) is 55.4 Å². The Kier molecular flexibility index (Phi) is 9.75. The first kappa shape index (κ1) is 30.4. The summed E-state index contributed by atoms with van der Waals surface area (Å²) in [5.74, 6) is -0.756. The van der Waals surface area contributed by atoms with Crippen LogP contribution in [0.25, 0.3) is 0 Å². The molecule has 0 N–H and O–H groups in total. The lowest BCUT2D eigenvalue weighted by Crippen LogP contribution is -2.57. The summed E-state index contributed by atoms with van der Waals surface area (Å²) in [6, 6.07) is 20.4. The summed E-state index contributed by atoms with van der Waals surface area (Å²) in [4.78, 5) is 0. The molecule has 2 aliphatic heterocycles. The predicted molar refractivity (Wildman–Crippen MR) is 156 cm³/mol. The standard InChI is InChI=1S/C32H48O6Si/c1-23(2)39(24(3)4,25(5)6)35-22-32(21-33-19-26-15-11-9-12-16-26)29(34-20-27-17-13-10-14-18-27)28-30(38-32)37-31(7,8)36-28/h9-18,23-25,28-30H,19-22H2,1-8H3/t28-,29+,30+,32+/m1/s1. The largest absolute Gasteiger partial charge is 0.413 e. The number of fused-ring (bicyclic) bond motifs is 1. The van der Waals surface area contributed by atoms with Gasteiger partial charge in [0.15, 0.2) is 20.4 Å². The summed E-state index contributed by atoms with van der Waals surface area (Å²) in [6.45, 7) is 19.2. The Hall–Kier alpha value is -1.58. The highest BCUT2D eigenvalue weighted by atomic mass is 28.4. The number of ether oxygens (including phenoxy) is 5. The normalized spacial score (nSPS) is 26.6. The van der Waals surface area contributed by atoms with Gasteiger partial charge in [0, 0.05) is 0 Å². The molecule has 216 valence electrons. The van der Waals surface area contributed by atoms with Gasteiger partial charge in [-0.3, -0.25) is 0 Å². The van der Waals surface area contributed by atoms with Gasteiger partial charge in [-0.2, -0.15) is 0 Å². The highest BCUT2D eigenvalue weighted by Crippen LogP contribution is 2.47.